The molecule has 3 N–H and O–H groups in total. The van der Waals surface area contributed by atoms with Crippen LogP contribution in [-0.4, -0.2) is 40.0 Å². The monoisotopic (exact) mass is 427 g/mol. The van der Waals surface area contributed by atoms with Crippen LogP contribution in [0.15, 0.2) is 60.0 Å². The number of aromatic nitrogens is 1. The molecule has 8 heteroatoms. The van der Waals surface area contributed by atoms with E-state index in [-0.39, 0.29) is 17.6 Å². The molecule has 2 amide bonds. The standard InChI is InChI=1S/C21H21N3O3S2/c1-28-12-11-17(22-19(26)15-7-9-16(25)10-8-15)20(27)24-21-23-18(13-29-21)14-5-3-2-4-6-14/h2-10,13,17,25H,11-12H2,1H3,(H,22,26)(H,23,24,27). The molecule has 1 heterocycles. The third-order valence-electron chi connectivity index (χ3n) is 4.17. The number of nitrogens with one attached hydrogen (secondary N) is 2. The first-order valence-corrected chi connectivity index (χ1v) is 11.2. The van der Waals surface area contributed by atoms with Crippen molar-refractivity contribution in [3.05, 3.63) is 65.5 Å². The summed E-state index contributed by atoms with van der Waals surface area (Å²) in [5, 5.41) is 17.3. The van der Waals surface area contributed by atoms with E-state index in [9.17, 15) is 14.7 Å². The minimum Gasteiger partial charge on any atom is -0.508 e. The van der Waals surface area contributed by atoms with Gasteiger partial charge in [0.2, 0.25) is 5.91 Å². The lowest BCUT2D eigenvalue weighted by atomic mass is 10.1. The van der Waals surface area contributed by atoms with Gasteiger partial charge in [0.15, 0.2) is 5.13 Å². The van der Waals surface area contributed by atoms with E-state index in [0.29, 0.717) is 17.1 Å². The second kappa shape index (κ2) is 10.1. The van der Waals surface area contributed by atoms with Crippen LogP contribution >= 0.6 is 23.1 Å². The van der Waals surface area contributed by atoms with Crippen LogP contribution in [0.4, 0.5) is 5.13 Å². The van der Waals surface area contributed by atoms with Crippen molar-refractivity contribution in [1.29, 1.82) is 0 Å². The van der Waals surface area contributed by atoms with Gasteiger partial charge in [-0.1, -0.05) is 30.3 Å². The summed E-state index contributed by atoms with van der Waals surface area (Å²) >= 11 is 2.94. The lowest BCUT2D eigenvalue weighted by Crippen LogP contribution is -2.44. The second-order valence-electron chi connectivity index (χ2n) is 6.25. The van der Waals surface area contributed by atoms with Gasteiger partial charge in [0, 0.05) is 16.5 Å². The van der Waals surface area contributed by atoms with Gasteiger partial charge in [-0.15, -0.1) is 11.3 Å². The van der Waals surface area contributed by atoms with E-state index < -0.39 is 6.04 Å². The maximum absolute atomic E-state index is 12.8. The zero-order valence-electron chi connectivity index (χ0n) is 15.8. The summed E-state index contributed by atoms with van der Waals surface area (Å²) in [6.07, 6.45) is 2.44. The predicted octanol–water partition coefficient (Wildman–Crippen LogP) is 4.01. The van der Waals surface area contributed by atoms with Crippen molar-refractivity contribution < 1.29 is 14.7 Å². The van der Waals surface area contributed by atoms with Gasteiger partial charge < -0.3 is 15.7 Å². The topological polar surface area (TPSA) is 91.3 Å². The maximum Gasteiger partial charge on any atom is 0.251 e. The van der Waals surface area contributed by atoms with Crippen LogP contribution in [0, 0.1) is 0 Å². The summed E-state index contributed by atoms with van der Waals surface area (Å²) in [7, 11) is 0. The lowest BCUT2D eigenvalue weighted by Gasteiger charge is -2.17. The molecule has 3 aromatic rings. The highest BCUT2D eigenvalue weighted by atomic mass is 32.2. The molecule has 150 valence electrons. The number of carbonyl (C=O) groups is 2. The number of phenolic OH excluding ortho intramolecular Hbond substituents is 1. The van der Waals surface area contributed by atoms with Gasteiger partial charge in [-0.05, 0) is 42.7 Å². The molecule has 0 bridgehead atoms. The fourth-order valence-electron chi connectivity index (χ4n) is 2.62. The number of benzene rings is 2. The molecule has 0 saturated carbocycles. The maximum atomic E-state index is 12.8. The van der Waals surface area contributed by atoms with E-state index in [2.05, 4.69) is 15.6 Å². The first kappa shape index (κ1) is 20.9. The zero-order valence-corrected chi connectivity index (χ0v) is 17.4. The largest absolute Gasteiger partial charge is 0.508 e. The first-order chi connectivity index (χ1) is 14.1. The molecule has 1 aromatic heterocycles. The summed E-state index contributed by atoms with van der Waals surface area (Å²) in [5.74, 6) is 0.132. The van der Waals surface area contributed by atoms with E-state index in [4.69, 9.17) is 0 Å². The summed E-state index contributed by atoms with van der Waals surface area (Å²) in [5.41, 5.74) is 2.15. The molecule has 0 fully saturated rings. The van der Waals surface area contributed by atoms with E-state index >= 15 is 0 Å². The molecule has 0 aliphatic carbocycles. The van der Waals surface area contributed by atoms with Crippen LogP contribution in [0.2, 0.25) is 0 Å². The molecule has 0 aliphatic rings. The number of phenols is 1. The van der Waals surface area contributed by atoms with Crippen molar-refractivity contribution in [2.75, 3.05) is 17.3 Å². The SMILES string of the molecule is CSCCC(NC(=O)c1ccc(O)cc1)C(=O)Nc1nc(-c2ccccc2)cs1. The average molecular weight is 428 g/mol. The number of hydrogen-bond donors (Lipinski definition) is 3. The number of hydrogen-bond acceptors (Lipinski definition) is 6. The number of anilines is 1. The Kier molecular flexibility index (Phi) is 7.26. The number of aromatic hydroxyl groups is 1. The van der Waals surface area contributed by atoms with Crippen molar-refractivity contribution in [3.8, 4) is 17.0 Å². The summed E-state index contributed by atoms with van der Waals surface area (Å²) in [4.78, 5) is 29.7. The summed E-state index contributed by atoms with van der Waals surface area (Å²) < 4.78 is 0. The van der Waals surface area contributed by atoms with Gasteiger partial charge in [0.25, 0.3) is 5.91 Å². The number of thiazole rings is 1. The third kappa shape index (κ3) is 5.82. The number of amides is 2. The minimum absolute atomic E-state index is 0.0798. The van der Waals surface area contributed by atoms with Crippen LogP contribution in [0.25, 0.3) is 11.3 Å². The van der Waals surface area contributed by atoms with E-state index in [1.54, 1.807) is 11.8 Å². The highest BCUT2D eigenvalue weighted by Gasteiger charge is 2.22. The van der Waals surface area contributed by atoms with Gasteiger partial charge >= 0.3 is 0 Å². The quantitative estimate of drug-likeness (QED) is 0.505. The molecule has 0 spiro atoms. The van der Waals surface area contributed by atoms with Crippen LogP contribution in [-0.2, 0) is 4.79 Å². The Morgan fingerprint density at radius 1 is 1.14 bits per heavy atom. The molecule has 1 atom stereocenters. The van der Waals surface area contributed by atoms with Crippen LogP contribution in [0.1, 0.15) is 16.8 Å². The molecule has 3 rings (SSSR count). The van der Waals surface area contributed by atoms with Crippen molar-refractivity contribution in [2.45, 2.75) is 12.5 Å². The Labute approximate surface area is 177 Å². The number of rotatable bonds is 8. The highest BCUT2D eigenvalue weighted by Crippen LogP contribution is 2.24. The fourth-order valence-corrected chi connectivity index (χ4v) is 3.82. The first-order valence-electron chi connectivity index (χ1n) is 8.97. The lowest BCUT2D eigenvalue weighted by molar-refractivity contribution is -0.118. The normalized spacial score (nSPS) is 11.6. The van der Waals surface area contributed by atoms with Gasteiger partial charge in [-0.3, -0.25) is 9.59 Å². The van der Waals surface area contributed by atoms with Gasteiger partial charge in [-0.25, -0.2) is 4.98 Å². The Bertz CT molecular complexity index is 959. The Balaban J connectivity index is 1.68. The Morgan fingerprint density at radius 3 is 2.55 bits per heavy atom. The van der Waals surface area contributed by atoms with E-state index in [0.717, 1.165) is 17.0 Å². The van der Waals surface area contributed by atoms with Crippen LogP contribution in [0.3, 0.4) is 0 Å². The van der Waals surface area contributed by atoms with Crippen molar-refractivity contribution >= 4 is 40.0 Å². The minimum atomic E-state index is -0.687. The molecule has 6 nitrogen and oxygen atoms in total. The molecule has 29 heavy (non-hydrogen) atoms. The second-order valence-corrected chi connectivity index (χ2v) is 8.09. The molecular formula is C21H21N3O3S2. The zero-order chi connectivity index (χ0) is 20.6. The van der Waals surface area contributed by atoms with Gasteiger partial charge in [0.1, 0.15) is 11.8 Å². The number of nitrogens with zero attached hydrogens (tertiary/aromatic N) is 1. The molecule has 0 saturated heterocycles. The molecular weight excluding hydrogens is 406 g/mol. The number of carbonyl (C=O) groups excluding carboxylic acids is 2. The van der Waals surface area contributed by atoms with E-state index in [1.807, 2.05) is 42.0 Å². The fraction of sp³-hybridized carbons (Fsp3) is 0.190. The van der Waals surface area contributed by atoms with Crippen LogP contribution < -0.4 is 10.6 Å². The Hall–Kier alpha value is -2.84. The molecule has 1 unspecified atom stereocenters. The predicted molar refractivity (Wildman–Crippen MR) is 119 cm³/mol. The molecule has 2 aromatic carbocycles. The average Bonchev–Trinajstić information content (AvgIpc) is 3.20. The van der Waals surface area contributed by atoms with E-state index in [1.165, 1.54) is 35.6 Å². The van der Waals surface area contributed by atoms with Crippen molar-refractivity contribution in [3.63, 3.8) is 0 Å². The Morgan fingerprint density at radius 2 is 1.86 bits per heavy atom. The highest BCUT2D eigenvalue weighted by molar-refractivity contribution is 7.98. The summed E-state index contributed by atoms with van der Waals surface area (Å²) in [6.45, 7) is 0. The van der Waals surface area contributed by atoms with Gasteiger partial charge in [0.05, 0.1) is 5.69 Å². The number of thioether (sulfide) groups is 1. The molecule has 0 radical (unpaired) electrons. The van der Waals surface area contributed by atoms with Crippen molar-refractivity contribution in [1.82, 2.24) is 10.3 Å². The smallest absolute Gasteiger partial charge is 0.251 e. The van der Waals surface area contributed by atoms with Gasteiger partial charge in [-0.2, -0.15) is 11.8 Å². The molecule has 0 aliphatic heterocycles. The summed E-state index contributed by atoms with van der Waals surface area (Å²) in [6, 6.07) is 14.9. The van der Waals surface area contributed by atoms with Crippen molar-refractivity contribution in [2.24, 2.45) is 0 Å². The third-order valence-corrected chi connectivity index (χ3v) is 5.57. The van der Waals surface area contributed by atoms with Crippen LogP contribution in [0.5, 0.6) is 5.75 Å².